The number of hydrogen-bond donors (Lipinski definition) is 1. The van der Waals surface area contributed by atoms with E-state index in [4.69, 9.17) is 10.6 Å². The van der Waals surface area contributed by atoms with Crippen LogP contribution in [-0.2, 0) is 4.79 Å². The smallest absolute Gasteiger partial charge is 0.310 e. The molecule has 1 unspecified atom stereocenters. The summed E-state index contributed by atoms with van der Waals surface area (Å²) in [6.45, 7) is 1.58. The van der Waals surface area contributed by atoms with E-state index in [1.807, 2.05) is 0 Å². The van der Waals surface area contributed by atoms with Gasteiger partial charge in [-0.3, -0.25) is 4.79 Å². The molecule has 1 N–H and O–H groups in total. The fourth-order valence-corrected chi connectivity index (χ4v) is 1.05. The molecule has 0 saturated carbocycles. The Morgan fingerprint density at radius 1 is 1.64 bits per heavy atom. The predicted molar refractivity (Wildman–Crippen MR) is 51.3 cm³/mol. The second-order valence-corrected chi connectivity index (χ2v) is 2.84. The van der Waals surface area contributed by atoms with Crippen molar-refractivity contribution in [3.05, 3.63) is 40.3 Å². The van der Waals surface area contributed by atoms with Crippen molar-refractivity contribution in [2.45, 2.75) is 12.8 Å². The van der Waals surface area contributed by atoms with Gasteiger partial charge in [0.05, 0.1) is 5.92 Å². The minimum Gasteiger partial charge on any atom is -0.481 e. The predicted octanol–water partition coefficient (Wildman–Crippen LogP) is 2.82. The van der Waals surface area contributed by atoms with Crippen molar-refractivity contribution in [3.63, 3.8) is 0 Å². The molecule has 1 rings (SSSR count). The number of carbonyl (C=O) groups is 1. The first-order valence-electron chi connectivity index (χ1n) is 4.03. The minimum atomic E-state index is -0.900. The molecular weight excluding hydrogens is 182 g/mol. The quantitative estimate of drug-likeness (QED) is 0.452. The van der Waals surface area contributed by atoms with Crippen LogP contribution in [-0.4, -0.2) is 11.1 Å². The zero-order chi connectivity index (χ0) is 10.6. The van der Waals surface area contributed by atoms with Crippen LogP contribution < -0.4 is 0 Å². The molecule has 0 saturated heterocycles. The number of benzene rings is 1. The van der Waals surface area contributed by atoms with Crippen LogP contribution >= 0.6 is 0 Å². The highest BCUT2D eigenvalue weighted by Gasteiger charge is 2.12. The molecule has 0 aliphatic carbocycles. The maximum absolute atomic E-state index is 10.7. The standard InChI is InChI=1S/C9H9N3O2/c1-6(9(13)14)7-3-2-4-8(5-7)11-12-10/h2-6H,1H3,(H,13,14). The number of aliphatic carboxylic acids is 1. The van der Waals surface area contributed by atoms with Gasteiger partial charge in [-0.05, 0) is 24.1 Å². The number of carboxylic acid groups (broad SMARTS) is 1. The molecule has 0 radical (unpaired) electrons. The lowest BCUT2D eigenvalue weighted by Crippen LogP contribution is -2.06. The second-order valence-electron chi connectivity index (χ2n) is 2.84. The Labute approximate surface area is 80.6 Å². The van der Waals surface area contributed by atoms with Gasteiger partial charge >= 0.3 is 5.97 Å². The monoisotopic (exact) mass is 191 g/mol. The molecule has 0 bridgehead atoms. The Kier molecular flexibility index (Phi) is 3.09. The van der Waals surface area contributed by atoms with Crippen LogP contribution in [0.15, 0.2) is 29.4 Å². The van der Waals surface area contributed by atoms with Crippen molar-refractivity contribution in [2.24, 2.45) is 5.11 Å². The molecule has 0 spiro atoms. The van der Waals surface area contributed by atoms with E-state index in [0.717, 1.165) is 0 Å². The van der Waals surface area contributed by atoms with Gasteiger partial charge in [0, 0.05) is 10.6 Å². The topological polar surface area (TPSA) is 86.1 Å². The molecule has 0 aliphatic heterocycles. The highest BCUT2D eigenvalue weighted by Crippen LogP contribution is 2.21. The number of nitrogens with zero attached hydrogens (tertiary/aromatic N) is 3. The summed E-state index contributed by atoms with van der Waals surface area (Å²) < 4.78 is 0. The van der Waals surface area contributed by atoms with E-state index in [-0.39, 0.29) is 0 Å². The zero-order valence-electron chi connectivity index (χ0n) is 7.58. The van der Waals surface area contributed by atoms with Crippen molar-refractivity contribution < 1.29 is 9.90 Å². The van der Waals surface area contributed by atoms with Crippen molar-refractivity contribution in [1.29, 1.82) is 0 Å². The minimum absolute atomic E-state index is 0.429. The van der Waals surface area contributed by atoms with Crippen LogP contribution in [0.1, 0.15) is 18.4 Å². The molecule has 0 fully saturated rings. The number of carboxylic acids is 1. The molecule has 0 aromatic heterocycles. The van der Waals surface area contributed by atoms with Gasteiger partial charge in [-0.1, -0.05) is 23.3 Å². The van der Waals surface area contributed by atoms with E-state index in [0.29, 0.717) is 11.3 Å². The average molecular weight is 191 g/mol. The SMILES string of the molecule is CC(C(=O)O)c1cccc(N=[N+]=[N-])c1. The van der Waals surface area contributed by atoms with Crippen molar-refractivity contribution in [1.82, 2.24) is 0 Å². The van der Waals surface area contributed by atoms with Crippen LogP contribution in [0.3, 0.4) is 0 Å². The Morgan fingerprint density at radius 3 is 2.93 bits per heavy atom. The molecule has 14 heavy (non-hydrogen) atoms. The summed E-state index contributed by atoms with van der Waals surface area (Å²) in [6.07, 6.45) is 0. The molecule has 1 atom stereocenters. The summed E-state index contributed by atoms with van der Waals surface area (Å²) in [7, 11) is 0. The lowest BCUT2D eigenvalue weighted by atomic mass is 10.0. The number of hydrogen-bond acceptors (Lipinski definition) is 2. The Balaban J connectivity index is 3.04. The van der Waals surface area contributed by atoms with Crippen LogP contribution in [0.25, 0.3) is 10.4 Å². The maximum atomic E-state index is 10.7. The maximum Gasteiger partial charge on any atom is 0.310 e. The van der Waals surface area contributed by atoms with E-state index in [9.17, 15) is 4.79 Å². The van der Waals surface area contributed by atoms with E-state index in [2.05, 4.69) is 10.0 Å². The molecule has 0 aliphatic rings. The summed E-state index contributed by atoms with van der Waals surface area (Å²) in [5.74, 6) is -1.49. The fourth-order valence-electron chi connectivity index (χ4n) is 1.05. The third-order valence-electron chi connectivity index (χ3n) is 1.90. The first kappa shape index (κ1) is 10.1. The summed E-state index contributed by atoms with van der Waals surface area (Å²) >= 11 is 0. The molecular formula is C9H9N3O2. The highest BCUT2D eigenvalue weighted by molar-refractivity contribution is 5.75. The summed E-state index contributed by atoms with van der Waals surface area (Å²) in [4.78, 5) is 13.3. The van der Waals surface area contributed by atoms with Gasteiger partial charge in [-0.25, -0.2) is 0 Å². The first-order chi connectivity index (χ1) is 6.65. The van der Waals surface area contributed by atoms with Gasteiger partial charge in [-0.15, -0.1) is 0 Å². The van der Waals surface area contributed by atoms with E-state index < -0.39 is 11.9 Å². The second kappa shape index (κ2) is 4.30. The Morgan fingerprint density at radius 2 is 2.36 bits per heavy atom. The molecule has 1 aromatic rings. The first-order valence-corrected chi connectivity index (χ1v) is 4.03. The lowest BCUT2D eigenvalue weighted by Gasteiger charge is -2.06. The van der Waals surface area contributed by atoms with Crippen molar-refractivity contribution in [3.8, 4) is 0 Å². The van der Waals surface area contributed by atoms with E-state index in [1.165, 1.54) is 0 Å². The van der Waals surface area contributed by atoms with Crippen LogP contribution in [0.4, 0.5) is 5.69 Å². The Bertz CT molecular complexity index is 397. The van der Waals surface area contributed by atoms with Gasteiger partial charge in [0.25, 0.3) is 0 Å². The van der Waals surface area contributed by atoms with Crippen molar-refractivity contribution in [2.75, 3.05) is 0 Å². The average Bonchev–Trinajstić information content (AvgIpc) is 2.17. The van der Waals surface area contributed by atoms with Gasteiger partial charge < -0.3 is 5.11 Å². The zero-order valence-corrected chi connectivity index (χ0v) is 7.58. The summed E-state index contributed by atoms with van der Waals surface area (Å²) in [6, 6.07) is 6.55. The number of azide groups is 1. The molecule has 5 nitrogen and oxygen atoms in total. The molecule has 5 heteroatoms. The van der Waals surface area contributed by atoms with E-state index in [1.54, 1.807) is 31.2 Å². The van der Waals surface area contributed by atoms with Crippen molar-refractivity contribution >= 4 is 11.7 Å². The normalized spacial score (nSPS) is 11.5. The molecule has 0 amide bonds. The van der Waals surface area contributed by atoms with Gasteiger partial charge in [-0.2, -0.15) is 0 Å². The largest absolute Gasteiger partial charge is 0.481 e. The van der Waals surface area contributed by atoms with Gasteiger partial charge in [0.2, 0.25) is 0 Å². The van der Waals surface area contributed by atoms with Gasteiger partial charge in [0.1, 0.15) is 0 Å². The lowest BCUT2D eigenvalue weighted by molar-refractivity contribution is -0.138. The van der Waals surface area contributed by atoms with Crippen LogP contribution in [0.2, 0.25) is 0 Å². The molecule has 1 aromatic carbocycles. The fraction of sp³-hybridized carbons (Fsp3) is 0.222. The van der Waals surface area contributed by atoms with Crippen LogP contribution in [0.5, 0.6) is 0 Å². The summed E-state index contributed by atoms with van der Waals surface area (Å²) in [5, 5.41) is 12.1. The van der Waals surface area contributed by atoms with Crippen LogP contribution in [0, 0.1) is 0 Å². The number of rotatable bonds is 3. The third-order valence-corrected chi connectivity index (χ3v) is 1.90. The third kappa shape index (κ3) is 2.24. The molecule has 72 valence electrons. The van der Waals surface area contributed by atoms with Gasteiger partial charge in [0.15, 0.2) is 0 Å². The Hall–Kier alpha value is -2.00. The summed E-state index contributed by atoms with van der Waals surface area (Å²) in [5.41, 5.74) is 9.26. The highest BCUT2D eigenvalue weighted by atomic mass is 16.4. The molecule has 0 heterocycles. The van der Waals surface area contributed by atoms with E-state index >= 15 is 0 Å².